The standard InChI is InChI=1S/C14H14N2O/c1-3-11-6-7-16(14(17)9-11)12-4-5-13(15)10(2)8-12/h3-9H,1,15H2,2H3. The maximum absolute atomic E-state index is 11.9. The lowest BCUT2D eigenvalue weighted by atomic mass is 10.2. The molecule has 3 nitrogen and oxygen atoms in total. The van der Waals surface area contributed by atoms with Crippen molar-refractivity contribution in [2.75, 3.05) is 5.73 Å². The average Bonchev–Trinajstić information content (AvgIpc) is 2.32. The zero-order valence-electron chi connectivity index (χ0n) is 9.68. The maximum Gasteiger partial charge on any atom is 0.255 e. The van der Waals surface area contributed by atoms with Crippen molar-refractivity contribution < 1.29 is 0 Å². The molecule has 86 valence electrons. The zero-order valence-corrected chi connectivity index (χ0v) is 9.68. The van der Waals surface area contributed by atoms with Crippen molar-refractivity contribution in [3.05, 3.63) is 64.6 Å². The molecule has 0 saturated heterocycles. The smallest absolute Gasteiger partial charge is 0.255 e. The van der Waals surface area contributed by atoms with E-state index in [1.807, 2.05) is 25.1 Å². The second kappa shape index (κ2) is 4.29. The van der Waals surface area contributed by atoms with Crippen LogP contribution in [0.15, 0.2) is 47.9 Å². The molecule has 0 amide bonds. The quantitative estimate of drug-likeness (QED) is 0.799. The summed E-state index contributed by atoms with van der Waals surface area (Å²) in [5.41, 5.74) is 8.99. The van der Waals surface area contributed by atoms with Crippen molar-refractivity contribution in [2.45, 2.75) is 6.92 Å². The summed E-state index contributed by atoms with van der Waals surface area (Å²) < 4.78 is 1.58. The lowest BCUT2D eigenvalue weighted by molar-refractivity contribution is 0.986. The monoisotopic (exact) mass is 226 g/mol. The predicted molar refractivity (Wildman–Crippen MR) is 71.3 cm³/mol. The van der Waals surface area contributed by atoms with Gasteiger partial charge in [-0.1, -0.05) is 12.7 Å². The van der Waals surface area contributed by atoms with Gasteiger partial charge in [-0.3, -0.25) is 9.36 Å². The molecule has 1 aromatic heterocycles. The van der Waals surface area contributed by atoms with Gasteiger partial charge in [0.05, 0.1) is 0 Å². The number of aryl methyl sites for hydroxylation is 1. The fourth-order valence-electron chi connectivity index (χ4n) is 1.64. The van der Waals surface area contributed by atoms with E-state index in [0.29, 0.717) is 0 Å². The van der Waals surface area contributed by atoms with Crippen LogP contribution in [0.4, 0.5) is 5.69 Å². The number of aromatic nitrogens is 1. The van der Waals surface area contributed by atoms with Crippen LogP contribution < -0.4 is 11.3 Å². The Morgan fingerprint density at radius 1 is 1.29 bits per heavy atom. The van der Waals surface area contributed by atoms with Crippen molar-refractivity contribution in [2.24, 2.45) is 0 Å². The number of anilines is 1. The van der Waals surface area contributed by atoms with Crippen LogP contribution in [-0.2, 0) is 0 Å². The first-order chi connectivity index (χ1) is 8.11. The van der Waals surface area contributed by atoms with Gasteiger partial charge in [0.15, 0.2) is 0 Å². The van der Waals surface area contributed by atoms with E-state index >= 15 is 0 Å². The number of nitrogens with zero attached hydrogens (tertiary/aromatic N) is 1. The van der Waals surface area contributed by atoms with Crippen LogP contribution in [0.5, 0.6) is 0 Å². The lowest BCUT2D eigenvalue weighted by Crippen LogP contribution is -2.16. The highest BCUT2D eigenvalue weighted by Gasteiger charge is 2.01. The molecular weight excluding hydrogens is 212 g/mol. The highest BCUT2D eigenvalue weighted by molar-refractivity contribution is 5.52. The Hall–Kier alpha value is -2.29. The number of hydrogen-bond acceptors (Lipinski definition) is 2. The van der Waals surface area contributed by atoms with E-state index in [9.17, 15) is 4.79 Å². The Kier molecular flexibility index (Phi) is 2.83. The molecule has 17 heavy (non-hydrogen) atoms. The van der Waals surface area contributed by atoms with E-state index in [1.165, 1.54) is 0 Å². The Bertz CT molecular complexity index is 626. The fourth-order valence-corrected chi connectivity index (χ4v) is 1.64. The van der Waals surface area contributed by atoms with E-state index in [4.69, 9.17) is 5.73 Å². The summed E-state index contributed by atoms with van der Waals surface area (Å²) >= 11 is 0. The molecule has 0 radical (unpaired) electrons. The third kappa shape index (κ3) is 2.13. The number of nitrogens with two attached hydrogens (primary N) is 1. The summed E-state index contributed by atoms with van der Waals surface area (Å²) in [6, 6.07) is 8.93. The second-order valence-corrected chi connectivity index (χ2v) is 3.91. The molecule has 0 aliphatic heterocycles. The summed E-state index contributed by atoms with van der Waals surface area (Å²) in [6.45, 7) is 5.55. The van der Waals surface area contributed by atoms with Crippen molar-refractivity contribution in [1.82, 2.24) is 4.57 Å². The molecular formula is C14H14N2O. The summed E-state index contributed by atoms with van der Waals surface area (Å²) in [6.07, 6.45) is 3.39. The molecule has 1 heterocycles. The van der Waals surface area contributed by atoms with E-state index in [2.05, 4.69) is 6.58 Å². The Morgan fingerprint density at radius 2 is 2.06 bits per heavy atom. The minimum atomic E-state index is -0.0772. The molecule has 1 aromatic carbocycles. The van der Waals surface area contributed by atoms with E-state index in [1.54, 1.807) is 29.0 Å². The molecule has 2 aromatic rings. The molecule has 0 unspecified atom stereocenters. The van der Waals surface area contributed by atoms with Crippen molar-refractivity contribution >= 4 is 11.8 Å². The van der Waals surface area contributed by atoms with Crippen molar-refractivity contribution in [1.29, 1.82) is 0 Å². The Morgan fingerprint density at radius 3 is 2.65 bits per heavy atom. The normalized spacial score (nSPS) is 10.2. The number of nitrogen functional groups attached to an aromatic ring is 1. The van der Waals surface area contributed by atoms with Crippen LogP contribution in [0.3, 0.4) is 0 Å². The topological polar surface area (TPSA) is 48.0 Å². The molecule has 0 fully saturated rings. The number of hydrogen-bond donors (Lipinski definition) is 1. The second-order valence-electron chi connectivity index (χ2n) is 3.91. The summed E-state index contributed by atoms with van der Waals surface area (Å²) in [5.74, 6) is 0. The largest absolute Gasteiger partial charge is 0.399 e. The van der Waals surface area contributed by atoms with E-state index in [-0.39, 0.29) is 5.56 Å². The third-order valence-electron chi connectivity index (χ3n) is 2.71. The first-order valence-electron chi connectivity index (χ1n) is 5.33. The van der Waals surface area contributed by atoms with Gasteiger partial charge in [-0.2, -0.15) is 0 Å². The van der Waals surface area contributed by atoms with Gasteiger partial charge < -0.3 is 5.73 Å². The number of rotatable bonds is 2. The lowest BCUT2D eigenvalue weighted by Gasteiger charge is -2.08. The molecule has 2 rings (SSSR count). The first-order valence-corrected chi connectivity index (χ1v) is 5.33. The first kappa shape index (κ1) is 11.2. The SMILES string of the molecule is C=Cc1ccn(-c2ccc(N)c(C)c2)c(=O)c1. The van der Waals surface area contributed by atoms with Crippen LogP contribution in [-0.4, -0.2) is 4.57 Å². The average molecular weight is 226 g/mol. The summed E-state index contributed by atoms with van der Waals surface area (Å²) in [7, 11) is 0. The van der Waals surface area contributed by atoms with Gasteiger partial charge in [0.2, 0.25) is 0 Å². The van der Waals surface area contributed by atoms with Crippen molar-refractivity contribution in [3.63, 3.8) is 0 Å². The van der Waals surface area contributed by atoms with Gasteiger partial charge in [-0.15, -0.1) is 0 Å². The molecule has 0 aliphatic rings. The van der Waals surface area contributed by atoms with Crippen LogP contribution in [0.2, 0.25) is 0 Å². The highest BCUT2D eigenvalue weighted by Crippen LogP contribution is 2.15. The van der Waals surface area contributed by atoms with E-state index < -0.39 is 0 Å². The molecule has 0 spiro atoms. The van der Waals surface area contributed by atoms with E-state index in [0.717, 1.165) is 22.5 Å². The number of benzene rings is 1. The van der Waals surface area contributed by atoms with Crippen LogP contribution in [0.25, 0.3) is 11.8 Å². The van der Waals surface area contributed by atoms with Gasteiger partial charge in [-0.05, 0) is 42.3 Å². The van der Waals surface area contributed by atoms with Crippen LogP contribution in [0, 0.1) is 6.92 Å². The van der Waals surface area contributed by atoms with Crippen LogP contribution in [0.1, 0.15) is 11.1 Å². The van der Waals surface area contributed by atoms with Gasteiger partial charge >= 0.3 is 0 Å². The Labute approximate surface area is 99.8 Å². The van der Waals surface area contributed by atoms with Crippen LogP contribution >= 0.6 is 0 Å². The van der Waals surface area contributed by atoms with Gasteiger partial charge in [-0.25, -0.2) is 0 Å². The summed E-state index contributed by atoms with van der Waals surface area (Å²) in [4.78, 5) is 11.9. The molecule has 0 aliphatic carbocycles. The molecule has 2 N–H and O–H groups in total. The zero-order chi connectivity index (χ0) is 12.4. The highest BCUT2D eigenvalue weighted by atomic mass is 16.1. The minimum absolute atomic E-state index is 0.0772. The molecule has 0 bridgehead atoms. The van der Waals surface area contributed by atoms with Gasteiger partial charge in [0.1, 0.15) is 0 Å². The van der Waals surface area contributed by atoms with Gasteiger partial charge in [0, 0.05) is 23.6 Å². The molecule has 0 saturated carbocycles. The minimum Gasteiger partial charge on any atom is -0.399 e. The molecule has 0 atom stereocenters. The summed E-state index contributed by atoms with van der Waals surface area (Å²) in [5, 5.41) is 0. The molecule has 3 heteroatoms. The third-order valence-corrected chi connectivity index (χ3v) is 2.71. The maximum atomic E-state index is 11.9. The van der Waals surface area contributed by atoms with Crippen molar-refractivity contribution in [3.8, 4) is 5.69 Å². The fraction of sp³-hybridized carbons (Fsp3) is 0.0714. The van der Waals surface area contributed by atoms with Gasteiger partial charge in [0.25, 0.3) is 5.56 Å². The predicted octanol–water partition coefficient (Wildman–Crippen LogP) is 2.37. The number of pyridine rings is 1. The Balaban J connectivity index is 2.57.